The molecule has 0 aliphatic heterocycles. The minimum atomic E-state index is 0.132. The molecule has 0 aromatic carbocycles. The molecule has 2 heterocycles. The number of methoxy groups -OCH3 is 1. The Kier molecular flexibility index (Phi) is 5.52. The molecule has 0 saturated heterocycles. The van der Waals surface area contributed by atoms with Gasteiger partial charge in [0.25, 0.3) is 0 Å². The second-order valence-electron chi connectivity index (χ2n) is 4.63. The lowest BCUT2D eigenvalue weighted by atomic mass is 10.1. The van der Waals surface area contributed by atoms with E-state index in [2.05, 4.69) is 22.0 Å². The molecule has 0 radical (unpaired) electrons. The number of nitrogens with zero attached hydrogens (tertiary/aromatic N) is 4. The number of aromatic nitrogens is 3. The molecule has 5 nitrogen and oxygen atoms in total. The predicted octanol–water partition coefficient (Wildman–Crippen LogP) is 2.25. The van der Waals surface area contributed by atoms with Crippen molar-refractivity contribution >= 4 is 11.6 Å². The molecule has 0 N–H and O–H groups in total. The molecule has 108 valence electrons. The lowest BCUT2D eigenvalue weighted by Gasteiger charge is -2.27. The van der Waals surface area contributed by atoms with Gasteiger partial charge in [-0.15, -0.1) is 0 Å². The Balaban J connectivity index is 1.98. The lowest BCUT2D eigenvalue weighted by Crippen LogP contribution is -2.31. The van der Waals surface area contributed by atoms with Crippen LogP contribution in [0.25, 0.3) is 0 Å². The summed E-state index contributed by atoms with van der Waals surface area (Å²) in [5, 5.41) is 4.84. The number of hydrogen-bond acceptors (Lipinski definition) is 4. The monoisotopic (exact) mass is 294 g/mol. The van der Waals surface area contributed by atoms with Gasteiger partial charge in [0, 0.05) is 26.0 Å². The first-order valence-electron chi connectivity index (χ1n) is 6.48. The highest BCUT2D eigenvalue weighted by atomic mass is 35.5. The average Bonchev–Trinajstić information content (AvgIpc) is 2.89. The van der Waals surface area contributed by atoms with Gasteiger partial charge in [-0.3, -0.25) is 14.6 Å². The highest BCUT2D eigenvalue weighted by Crippen LogP contribution is 2.17. The van der Waals surface area contributed by atoms with Gasteiger partial charge in [0.2, 0.25) is 0 Å². The zero-order valence-corrected chi connectivity index (χ0v) is 12.5. The van der Waals surface area contributed by atoms with E-state index in [1.165, 1.54) is 0 Å². The molecule has 1 atom stereocenters. The number of halogens is 1. The predicted molar refractivity (Wildman–Crippen MR) is 78.7 cm³/mol. The third kappa shape index (κ3) is 4.03. The van der Waals surface area contributed by atoms with Gasteiger partial charge in [-0.1, -0.05) is 17.7 Å². The maximum Gasteiger partial charge on any atom is 0.0785 e. The van der Waals surface area contributed by atoms with Crippen LogP contribution in [0.5, 0.6) is 0 Å². The van der Waals surface area contributed by atoms with Crippen molar-refractivity contribution in [3.05, 3.63) is 47.5 Å². The lowest BCUT2D eigenvalue weighted by molar-refractivity contribution is 0.101. The smallest absolute Gasteiger partial charge is 0.0785 e. The van der Waals surface area contributed by atoms with E-state index in [-0.39, 0.29) is 6.04 Å². The second kappa shape index (κ2) is 7.38. The van der Waals surface area contributed by atoms with Crippen LogP contribution in [0.2, 0.25) is 5.02 Å². The Bertz CT molecular complexity index is 517. The summed E-state index contributed by atoms with van der Waals surface area (Å²) in [5.74, 6) is 0. The fourth-order valence-electron chi connectivity index (χ4n) is 2.05. The minimum Gasteiger partial charge on any atom is -0.383 e. The van der Waals surface area contributed by atoms with Crippen LogP contribution in [-0.2, 0) is 11.3 Å². The topological polar surface area (TPSA) is 43.2 Å². The Morgan fingerprint density at radius 3 is 2.90 bits per heavy atom. The van der Waals surface area contributed by atoms with E-state index in [1.54, 1.807) is 19.5 Å². The maximum atomic E-state index is 5.86. The van der Waals surface area contributed by atoms with Crippen molar-refractivity contribution in [1.82, 2.24) is 19.7 Å². The molecule has 0 fully saturated rings. The Morgan fingerprint density at radius 1 is 1.45 bits per heavy atom. The molecule has 1 unspecified atom stereocenters. The summed E-state index contributed by atoms with van der Waals surface area (Å²) in [7, 11) is 3.76. The van der Waals surface area contributed by atoms with Crippen LogP contribution in [0.3, 0.4) is 0 Å². The quantitative estimate of drug-likeness (QED) is 0.785. The number of pyridine rings is 1. The van der Waals surface area contributed by atoms with E-state index < -0.39 is 0 Å². The van der Waals surface area contributed by atoms with E-state index in [1.807, 2.05) is 29.1 Å². The van der Waals surface area contributed by atoms with Gasteiger partial charge in [-0.25, -0.2) is 0 Å². The summed E-state index contributed by atoms with van der Waals surface area (Å²) in [6.45, 7) is 2.21. The SMILES string of the molecule is COCC(c1ccccn1)N(C)CCn1cc(Cl)cn1. The fraction of sp³-hybridized carbons (Fsp3) is 0.429. The van der Waals surface area contributed by atoms with Gasteiger partial charge in [0.1, 0.15) is 0 Å². The van der Waals surface area contributed by atoms with E-state index in [0.717, 1.165) is 18.8 Å². The Labute approximate surface area is 124 Å². The molecule has 20 heavy (non-hydrogen) atoms. The van der Waals surface area contributed by atoms with Crippen LogP contribution < -0.4 is 0 Å². The molecule has 0 amide bonds. The van der Waals surface area contributed by atoms with Crippen molar-refractivity contribution in [3.63, 3.8) is 0 Å². The number of rotatable bonds is 7. The summed E-state index contributed by atoms with van der Waals surface area (Å²) >= 11 is 5.86. The standard InChI is InChI=1S/C14H19ClN4O/c1-18(7-8-19-10-12(15)9-17-19)14(11-20-2)13-5-3-4-6-16-13/h3-6,9-10,14H,7-8,11H2,1-2H3. The summed E-state index contributed by atoms with van der Waals surface area (Å²) in [4.78, 5) is 6.62. The van der Waals surface area contributed by atoms with Crippen LogP contribution in [0.4, 0.5) is 0 Å². The van der Waals surface area contributed by atoms with Crippen molar-refractivity contribution in [1.29, 1.82) is 0 Å². The highest BCUT2D eigenvalue weighted by molar-refractivity contribution is 6.30. The number of ether oxygens (including phenoxy) is 1. The van der Waals surface area contributed by atoms with Crippen molar-refractivity contribution in [3.8, 4) is 0 Å². The van der Waals surface area contributed by atoms with Gasteiger partial charge >= 0.3 is 0 Å². The fourth-order valence-corrected chi connectivity index (χ4v) is 2.20. The zero-order valence-electron chi connectivity index (χ0n) is 11.7. The first-order valence-corrected chi connectivity index (χ1v) is 6.86. The molecule has 0 saturated carbocycles. The molecule has 2 aromatic rings. The van der Waals surface area contributed by atoms with E-state index in [9.17, 15) is 0 Å². The third-order valence-corrected chi connectivity index (χ3v) is 3.36. The second-order valence-corrected chi connectivity index (χ2v) is 5.06. The largest absolute Gasteiger partial charge is 0.383 e. The average molecular weight is 295 g/mol. The minimum absolute atomic E-state index is 0.132. The van der Waals surface area contributed by atoms with Crippen molar-refractivity contribution in [2.24, 2.45) is 0 Å². The van der Waals surface area contributed by atoms with Crippen LogP contribution in [0.15, 0.2) is 36.8 Å². The molecule has 6 heteroatoms. The molecule has 0 aliphatic rings. The molecule has 0 aliphatic carbocycles. The van der Waals surface area contributed by atoms with Crippen LogP contribution in [0.1, 0.15) is 11.7 Å². The van der Waals surface area contributed by atoms with Gasteiger partial charge in [-0.05, 0) is 19.2 Å². The molecule has 0 bridgehead atoms. The summed E-state index contributed by atoms with van der Waals surface area (Å²) in [5.41, 5.74) is 1.01. The zero-order chi connectivity index (χ0) is 14.4. The van der Waals surface area contributed by atoms with Crippen LogP contribution >= 0.6 is 11.6 Å². The molecular weight excluding hydrogens is 276 g/mol. The summed E-state index contributed by atoms with van der Waals surface area (Å²) in [6.07, 6.45) is 5.27. The first kappa shape index (κ1) is 15.0. The molecular formula is C14H19ClN4O. The summed E-state index contributed by atoms with van der Waals surface area (Å²) < 4.78 is 7.14. The van der Waals surface area contributed by atoms with E-state index >= 15 is 0 Å². The first-order chi connectivity index (χ1) is 9.70. The van der Waals surface area contributed by atoms with Gasteiger partial charge < -0.3 is 4.74 Å². The van der Waals surface area contributed by atoms with Crippen LogP contribution in [0, 0.1) is 0 Å². The Hall–Kier alpha value is -1.43. The molecule has 0 spiro atoms. The Morgan fingerprint density at radius 2 is 2.30 bits per heavy atom. The highest BCUT2D eigenvalue weighted by Gasteiger charge is 2.17. The molecule has 2 aromatic heterocycles. The number of likely N-dealkylation sites (N-methyl/N-ethyl adjacent to an activating group) is 1. The normalized spacial score (nSPS) is 12.8. The van der Waals surface area contributed by atoms with Crippen molar-refractivity contribution in [2.45, 2.75) is 12.6 Å². The third-order valence-electron chi connectivity index (χ3n) is 3.17. The van der Waals surface area contributed by atoms with Crippen molar-refractivity contribution in [2.75, 3.05) is 27.3 Å². The maximum absolute atomic E-state index is 5.86. The van der Waals surface area contributed by atoms with E-state index in [0.29, 0.717) is 11.6 Å². The van der Waals surface area contributed by atoms with Gasteiger partial charge in [0.05, 0.1) is 36.1 Å². The summed E-state index contributed by atoms with van der Waals surface area (Å²) in [6, 6.07) is 6.06. The van der Waals surface area contributed by atoms with E-state index in [4.69, 9.17) is 16.3 Å². The van der Waals surface area contributed by atoms with Crippen LogP contribution in [-0.4, -0.2) is 47.0 Å². The van der Waals surface area contributed by atoms with Gasteiger partial charge in [0.15, 0.2) is 0 Å². The van der Waals surface area contributed by atoms with Gasteiger partial charge in [-0.2, -0.15) is 5.10 Å². The number of hydrogen-bond donors (Lipinski definition) is 0. The molecule has 2 rings (SSSR count). The van der Waals surface area contributed by atoms with Crippen molar-refractivity contribution < 1.29 is 4.74 Å².